The molecule has 0 aliphatic heterocycles. The van der Waals surface area contributed by atoms with Gasteiger partial charge in [0, 0.05) is 19.8 Å². The summed E-state index contributed by atoms with van der Waals surface area (Å²) in [5.41, 5.74) is 0. The minimum Gasteiger partial charge on any atom is -0.396 e. The molecule has 0 atom stereocenters. The zero-order chi connectivity index (χ0) is 9.78. The molecule has 80 valence electrons. The van der Waals surface area contributed by atoms with Gasteiger partial charge >= 0.3 is 0 Å². The average molecular weight is 188 g/mol. The molecule has 0 unspecified atom stereocenters. The van der Waals surface area contributed by atoms with Gasteiger partial charge in [-0.25, -0.2) is 0 Å². The minimum absolute atomic E-state index is 0.340. The van der Waals surface area contributed by atoms with Crippen LogP contribution in [0.3, 0.4) is 0 Å². The van der Waals surface area contributed by atoms with Crippen LogP contribution in [0, 0.1) is 0 Å². The first-order valence-corrected chi connectivity index (χ1v) is 5.60. The molecular formula is C11H24O2. The summed E-state index contributed by atoms with van der Waals surface area (Å²) in [7, 11) is 0. The van der Waals surface area contributed by atoms with E-state index in [0.717, 1.165) is 26.1 Å². The van der Waals surface area contributed by atoms with E-state index in [4.69, 9.17) is 9.84 Å². The number of ether oxygens (including phenoxy) is 1. The maximum Gasteiger partial charge on any atom is 0.0466 e. The van der Waals surface area contributed by atoms with Gasteiger partial charge in [0.05, 0.1) is 0 Å². The molecule has 2 heteroatoms. The van der Waals surface area contributed by atoms with Gasteiger partial charge in [-0.15, -0.1) is 0 Å². The molecule has 0 aromatic carbocycles. The molecule has 1 N–H and O–H groups in total. The Morgan fingerprint density at radius 2 is 1.46 bits per heavy atom. The first-order valence-electron chi connectivity index (χ1n) is 5.60. The monoisotopic (exact) mass is 188 g/mol. The highest BCUT2D eigenvalue weighted by molar-refractivity contribution is 4.43. The van der Waals surface area contributed by atoms with Crippen molar-refractivity contribution in [2.75, 3.05) is 19.8 Å². The number of hydrogen-bond donors (Lipinski definition) is 1. The van der Waals surface area contributed by atoms with Crippen LogP contribution in [-0.2, 0) is 4.74 Å². The highest BCUT2D eigenvalue weighted by Crippen LogP contribution is 2.02. The van der Waals surface area contributed by atoms with Crippen LogP contribution in [0.2, 0.25) is 0 Å². The SMILES string of the molecule is CCCCOCCCCCCCO. The standard InChI is InChI=1S/C11H24O2/c1-2-3-10-13-11-8-6-4-5-7-9-12/h12H,2-11H2,1H3. The second-order valence-electron chi connectivity index (χ2n) is 3.46. The minimum atomic E-state index is 0.340. The summed E-state index contributed by atoms with van der Waals surface area (Å²) >= 11 is 0. The molecule has 0 amide bonds. The first kappa shape index (κ1) is 12.9. The molecule has 2 nitrogen and oxygen atoms in total. The van der Waals surface area contributed by atoms with Crippen LogP contribution in [0.4, 0.5) is 0 Å². The normalized spacial score (nSPS) is 10.6. The first-order chi connectivity index (χ1) is 6.41. The molecule has 0 bridgehead atoms. The van der Waals surface area contributed by atoms with Gasteiger partial charge in [0.2, 0.25) is 0 Å². The maximum atomic E-state index is 8.54. The predicted octanol–water partition coefficient (Wildman–Crippen LogP) is 2.75. The topological polar surface area (TPSA) is 29.5 Å². The summed E-state index contributed by atoms with van der Waals surface area (Å²) < 4.78 is 5.43. The third kappa shape index (κ3) is 11.9. The summed E-state index contributed by atoms with van der Waals surface area (Å²) in [6.45, 7) is 4.36. The Kier molecular flexibility index (Phi) is 11.8. The summed E-state index contributed by atoms with van der Waals surface area (Å²) in [4.78, 5) is 0. The van der Waals surface area contributed by atoms with E-state index in [-0.39, 0.29) is 0 Å². The number of hydrogen-bond acceptors (Lipinski definition) is 2. The zero-order valence-corrected chi connectivity index (χ0v) is 8.93. The molecule has 0 radical (unpaired) electrons. The lowest BCUT2D eigenvalue weighted by molar-refractivity contribution is 0.127. The largest absolute Gasteiger partial charge is 0.396 e. The van der Waals surface area contributed by atoms with Crippen molar-refractivity contribution in [1.82, 2.24) is 0 Å². The van der Waals surface area contributed by atoms with Crippen molar-refractivity contribution in [2.24, 2.45) is 0 Å². The van der Waals surface area contributed by atoms with Crippen LogP contribution in [0.1, 0.15) is 51.9 Å². The fourth-order valence-corrected chi connectivity index (χ4v) is 1.19. The highest BCUT2D eigenvalue weighted by atomic mass is 16.5. The van der Waals surface area contributed by atoms with Gasteiger partial charge < -0.3 is 9.84 Å². The smallest absolute Gasteiger partial charge is 0.0466 e. The molecular weight excluding hydrogens is 164 g/mol. The lowest BCUT2D eigenvalue weighted by atomic mass is 10.1. The summed E-state index contributed by atoms with van der Waals surface area (Å²) in [5, 5.41) is 8.54. The fraction of sp³-hybridized carbons (Fsp3) is 1.00. The number of aliphatic hydroxyl groups excluding tert-OH is 1. The van der Waals surface area contributed by atoms with Crippen LogP contribution >= 0.6 is 0 Å². The molecule has 0 aliphatic carbocycles. The molecule has 0 rings (SSSR count). The number of aliphatic hydroxyl groups is 1. The van der Waals surface area contributed by atoms with Crippen LogP contribution in [0.25, 0.3) is 0 Å². The Balaban J connectivity index is 2.76. The van der Waals surface area contributed by atoms with Crippen molar-refractivity contribution >= 4 is 0 Å². The molecule has 0 fully saturated rings. The van der Waals surface area contributed by atoms with Crippen LogP contribution < -0.4 is 0 Å². The van der Waals surface area contributed by atoms with Crippen molar-refractivity contribution in [3.05, 3.63) is 0 Å². The molecule has 0 aliphatic rings. The zero-order valence-electron chi connectivity index (χ0n) is 8.93. The van der Waals surface area contributed by atoms with E-state index in [1.54, 1.807) is 0 Å². The Hall–Kier alpha value is -0.0800. The second-order valence-corrected chi connectivity index (χ2v) is 3.46. The van der Waals surface area contributed by atoms with Gasteiger partial charge in [0.25, 0.3) is 0 Å². The van der Waals surface area contributed by atoms with Crippen LogP contribution in [0.15, 0.2) is 0 Å². The average Bonchev–Trinajstić information content (AvgIpc) is 2.16. The van der Waals surface area contributed by atoms with Crippen molar-refractivity contribution in [3.8, 4) is 0 Å². The van der Waals surface area contributed by atoms with Gasteiger partial charge in [-0.3, -0.25) is 0 Å². The van der Waals surface area contributed by atoms with E-state index in [9.17, 15) is 0 Å². The van der Waals surface area contributed by atoms with Gasteiger partial charge in [-0.05, 0) is 19.3 Å². The third-order valence-corrected chi connectivity index (χ3v) is 2.09. The van der Waals surface area contributed by atoms with E-state index in [2.05, 4.69) is 6.92 Å². The quantitative estimate of drug-likeness (QED) is 0.534. The summed E-state index contributed by atoms with van der Waals surface area (Å²) in [5.74, 6) is 0. The molecule has 0 saturated carbocycles. The van der Waals surface area contributed by atoms with E-state index in [1.165, 1.54) is 32.1 Å². The predicted molar refractivity (Wildman–Crippen MR) is 55.9 cm³/mol. The van der Waals surface area contributed by atoms with Crippen LogP contribution in [0.5, 0.6) is 0 Å². The van der Waals surface area contributed by atoms with Gasteiger partial charge in [-0.1, -0.05) is 32.6 Å². The highest BCUT2D eigenvalue weighted by Gasteiger charge is 1.90. The second kappa shape index (κ2) is 11.9. The Morgan fingerprint density at radius 1 is 0.846 bits per heavy atom. The molecule has 0 heterocycles. The van der Waals surface area contributed by atoms with E-state index < -0.39 is 0 Å². The van der Waals surface area contributed by atoms with Crippen molar-refractivity contribution in [1.29, 1.82) is 0 Å². The molecule has 0 aromatic rings. The van der Waals surface area contributed by atoms with Gasteiger partial charge in [0.1, 0.15) is 0 Å². The fourth-order valence-electron chi connectivity index (χ4n) is 1.19. The summed E-state index contributed by atoms with van der Waals surface area (Å²) in [6, 6.07) is 0. The lowest BCUT2D eigenvalue weighted by Crippen LogP contribution is -1.96. The summed E-state index contributed by atoms with van der Waals surface area (Å²) in [6.07, 6.45) is 8.17. The Bertz CT molecular complexity index is 74.2. The maximum absolute atomic E-state index is 8.54. The molecule has 13 heavy (non-hydrogen) atoms. The van der Waals surface area contributed by atoms with Crippen molar-refractivity contribution in [2.45, 2.75) is 51.9 Å². The van der Waals surface area contributed by atoms with E-state index in [0.29, 0.717) is 6.61 Å². The van der Waals surface area contributed by atoms with E-state index >= 15 is 0 Å². The lowest BCUT2D eigenvalue weighted by Gasteiger charge is -2.02. The molecule has 0 aromatic heterocycles. The van der Waals surface area contributed by atoms with Crippen LogP contribution in [-0.4, -0.2) is 24.9 Å². The number of rotatable bonds is 10. The van der Waals surface area contributed by atoms with Gasteiger partial charge in [0.15, 0.2) is 0 Å². The van der Waals surface area contributed by atoms with E-state index in [1.807, 2.05) is 0 Å². The third-order valence-electron chi connectivity index (χ3n) is 2.09. The molecule has 0 spiro atoms. The number of unbranched alkanes of at least 4 members (excludes halogenated alkanes) is 5. The van der Waals surface area contributed by atoms with Crippen molar-refractivity contribution in [3.63, 3.8) is 0 Å². The Labute approximate surface area is 82.3 Å². The van der Waals surface area contributed by atoms with Crippen molar-refractivity contribution < 1.29 is 9.84 Å². The molecule has 0 saturated heterocycles. The van der Waals surface area contributed by atoms with Gasteiger partial charge in [-0.2, -0.15) is 0 Å². The Morgan fingerprint density at radius 3 is 2.15 bits per heavy atom.